The lowest BCUT2D eigenvalue weighted by Crippen LogP contribution is -2.59. The van der Waals surface area contributed by atoms with Crippen LogP contribution < -0.4 is 0 Å². The van der Waals surface area contributed by atoms with Crippen LogP contribution in [0.15, 0.2) is 85.1 Å². The van der Waals surface area contributed by atoms with Crippen LogP contribution in [-0.4, -0.2) is 89.6 Å². The maximum Gasteiger partial charge on any atom is 0.306 e. The molecule has 0 spiro atoms. The van der Waals surface area contributed by atoms with E-state index < -0.39 is 43.4 Å². The summed E-state index contributed by atoms with van der Waals surface area (Å²) in [6.45, 7) is 4.24. The van der Waals surface area contributed by atoms with E-state index in [1.807, 2.05) is 0 Å². The summed E-state index contributed by atoms with van der Waals surface area (Å²) in [5.74, 6) is -0.347. The maximum atomic E-state index is 12.7. The molecule has 56 heavy (non-hydrogen) atoms. The van der Waals surface area contributed by atoms with Crippen molar-refractivity contribution in [2.45, 2.75) is 179 Å². The molecule has 6 unspecified atom stereocenters. The number of hydrogen-bond donors (Lipinski definition) is 4. The van der Waals surface area contributed by atoms with Gasteiger partial charge in [0.1, 0.15) is 30.5 Å². The van der Waals surface area contributed by atoms with Crippen molar-refractivity contribution >= 4 is 5.97 Å². The Hall–Kier alpha value is -2.63. The standard InChI is InChI=1S/C47H78O9/c1-3-5-7-9-11-13-15-17-18-19-20-21-22-23-25-27-29-31-33-35-37-53-39-41(40-54-47-46(52)45(51)44(50)42(38-48)56-47)55-43(49)36-34-32-30-28-26-24-16-14-12-10-8-6-4-2/h5,7,11,13-14,16-18,20-21,23,25,29,31,41-42,44-48,50-52H,3-4,6,8-10,12,15,19,22,24,26-28,30,32-40H2,1-2H3/b7-5-,13-11-,16-14-,18-17-,21-20-,25-23-,31-29-. The minimum Gasteiger partial charge on any atom is -0.457 e. The van der Waals surface area contributed by atoms with Gasteiger partial charge in [0.05, 0.1) is 19.8 Å². The van der Waals surface area contributed by atoms with E-state index in [1.165, 1.54) is 32.1 Å². The lowest BCUT2D eigenvalue weighted by atomic mass is 9.99. The highest BCUT2D eigenvalue weighted by molar-refractivity contribution is 5.69. The Labute approximate surface area is 339 Å². The van der Waals surface area contributed by atoms with E-state index in [0.29, 0.717) is 6.61 Å². The number of ether oxygens (including phenoxy) is 4. The van der Waals surface area contributed by atoms with Gasteiger partial charge in [-0.3, -0.25) is 4.79 Å². The number of hydrogen-bond acceptors (Lipinski definition) is 9. The number of unbranched alkanes of at least 4 members (excludes halogenated alkanes) is 10. The normalized spacial score (nSPS) is 21.4. The Bertz CT molecular complexity index is 1120. The van der Waals surface area contributed by atoms with Crippen LogP contribution in [0.4, 0.5) is 0 Å². The summed E-state index contributed by atoms with van der Waals surface area (Å²) in [5, 5.41) is 40.1. The molecule has 0 aliphatic carbocycles. The van der Waals surface area contributed by atoms with Gasteiger partial charge in [0, 0.05) is 13.0 Å². The van der Waals surface area contributed by atoms with Gasteiger partial charge in [0.25, 0.3) is 0 Å². The lowest BCUT2D eigenvalue weighted by molar-refractivity contribution is -0.305. The van der Waals surface area contributed by atoms with Gasteiger partial charge in [0.15, 0.2) is 6.29 Å². The molecule has 0 bridgehead atoms. The van der Waals surface area contributed by atoms with Crippen molar-refractivity contribution in [1.29, 1.82) is 0 Å². The summed E-state index contributed by atoms with van der Waals surface area (Å²) in [6.07, 6.45) is 43.3. The molecule has 1 saturated heterocycles. The Kier molecular flexibility index (Phi) is 34.8. The van der Waals surface area contributed by atoms with Gasteiger partial charge in [-0.1, -0.05) is 137 Å². The van der Waals surface area contributed by atoms with Gasteiger partial charge in [-0.2, -0.15) is 0 Å². The van der Waals surface area contributed by atoms with Crippen molar-refractivity contribution in [3.8, 4) is 0 Å². The molecule has 6 atom stereocenters. The molecule has 0 aromatic carbocycles. The minimum atomic E-state index is -1.55. The number of carbonyl (C=O) groups is 1. The summed E-state index contributed by atoms with van der Waals surface area (Å²) in [7, 11) is 0. The fraction of sp³-hybridized carbons (Fsp3) is 0.681. The van der Waals surface area contributed by atoms with Crippen LogP contribution in [0, 0.1) is 0 Å². The Morgan fingerprint density at radius 2 is 1.09 bits per heavy atom. The maximum absolute atomic E-state index is 12.7. The zero-order chi connectivity index (χ0) is 40.7. The van der Waals surface area contributed by atoms with Crippen LogP contribution in [0.3, 0.4) is 0 Å². The summed E-state index contributed by atoms with van der Waals surface area (Å²) >= 11 is 0. The molecule has 1 rings (SSSR count). The Morgan fingerprint density at radius 3 is 1.66 bits per heavy atom. The first kappa shape index (κ1) is 51.4. The summed E-state index contributed by atoms with van der Waals surface area (Å²) in [6, 6.07) is 0. The molecule has 0 amide bonds. The van der Waals surface area contributed by atoms with Crippen LogP contribution in [0.25, 0.3) is 0 Å². The Morgan fingerprint density at radius 1 is 0.589 bits per heavy atom. The number of aliphatic hydroxyl groups is 4. The summed E-state index contributed by atoms with van der Waals surface area (Å²) in [4.78, 5) is 12.7. The van der Waals surface area contributed by atoms with Crippen LogP contribution in [-0.2, 0) is 23.7 Å². The lowest BCUT2D eigenvalue weighted by Gasteiger charge is -2.39. The molecular weight excluding hydrogens is 709 g/mol. The van der Waals surface area contributed by atoms with Crippen LogP contribution in [0.5, 0.6) is 0 Å². The Balaban J connectivity index is 2.34. The van der Waals surface area contributed by atoms with Crippen molar-refractivity contribution in [3.05, 3.63) is 85.1 Å². The van der Waals surface area contributed by atoms with Crippen LogP contribution in [0.2, 0.25) is 0 Å². The molecule has 1 heterocycles. The fourth-order valence-corrected chi connectivity index (χ4v) is 5.91. The predicted molar refractivity (Wildman–Crippen MR) is 228 cm³/mol. The molecule has 0 saturated carbocycles. The summed E-state index contributed by atoms with van der Waals surface area (Å²) in [5.41, 5.74) is 0. The summed E-state index contributed by atoms with van der Waals surface area (Å²) < 4.78 is 22.7. The molecule has 4 N–H and O–H groups in total. The van der Waals surface area contributed by atoms with E-state index in [0.717, 1.165) is 89.9 Å². The van der Waals surface area contributed by atoms with Gasteiger partial charge < -0.3 is 39.4 Å². The van der Waals surface area contributed by atoms with Crippen molar-refractivity contribution < 1.29 is 44.2 Å². The molecule has 9 nitrogen and oxygen atoms in total. The molecule has 9 heteroatoms. The van der Waals surface area contributed by atoms with Crippen molar-refractivity contribution in [1.82, 2.24) is 0 Å². The van der Waals surface area contributed by atoms with E-state index in [4.69, 9.17) is 18.9 Å². The molecule has 320 valence electrons. The third-order valence-corrected chi connectivity index (χ3v) is 9.30. The zero-order valence-corrected chi connectivity index (χ0v) is 34.8. The highest BCUT2D eigenvalue weighted by atomic mass is 16.7. The quantitative estimate of drug-likeness (QED) is 0.0282. The number of carbonyl (C=O) groups excluding carboxylic acids is 1. The SMILES string of the molecule is CC/C=C\C/C=C\C/C=C\C/C=C\C/C=C\C/C=C\CCCOCC(COC1OC(CO)C(O)C(O)C1O)OC(=O)CCCCCCC/C=C\CCCCCC. The number of aliphatic hydroxyl groups excluding tert-OH is 4. The van der Waals surface area contributed by atoms with Crippen LogP contribution >= 0.6 is 0 Å². The van der Waals surface area contributed by atoms with E-state index in [9.17, 15) is 25.2 Å². The third kappa shape index (κ3) is 28.7. The first-order valence-corrected chi connectivity index (χ1v) is 21.7. The number of rotatable bonds is 35. The van der Waals surface area contributed by atoms with Crippen molar-refractivity contribution in [2.75, 3.05) is 26.4 Å². The highest BCUT2D eigenvalue weighted by Gasteiger charge is 2.44. The van der Waals surface area contributed by atoms with E-state index in [-0.39, 0.29) is 25.6 Å². The molecule has 0 radical (unpaired) electrons. The molecule has 1 aliphatic heterocycles. The predicted octanol–water partition coefficient (Wildman–Crippen LogP) is 9.47. The largest absolute Gasteiger partial charge is 0.457 e. The van der Waals surface area contributed by atoms with Crippen molar-refractivity contribution in [2.24, 2.45) is 0 Å². The van der Waals surface area contributed by atoms with E-state index in [1.54, 1.807) is 0 Å². The van der Waals surface area contributed by atoms with Gasteiger partial charge >= 0.3 is 5.97 Å². The number of esters is 1. The van der Waals surface area contributed by atoms with Crippen LogP contribution in [0.1, 0.15) is 142 Å². The minimum absolute atomic E-state index is 0.0963. The number of allylic oxidation sites excluding steroid dienone is 14. The first-order chi connectivity index (χ1) is 27.4. The van der Waals surface area contributed by atoms with Gasteiger partial charge in [0.2, 0.25) is 0 Å². The average molecular weight is 787 g/mol. The third-order valence-electron chi connectivity index (χ3n) is 9.30. The molecular formula is C47H78O9. The zero-order valence-electron chi connectivity index (χ0n) is 34.8. The molecule has 1 fully saturated rings. The second-order valence-corrected chi connectivity index (χ2v) is 14.4. The fourth-order valence-electron chi connectivity index (χ4n) is 5.91. The van der Waals surface area contributed by atoms with E-state index in [2.05, 4.69) is 98.9 Å². The van der Waals surface area contributed by atoms with Gasteiger partial charge in [-0.15, -0.1) is 0 Å². The van der Waals surface area contributed by atoms with Gasteiger partial charge in [-0.25, -0.2) is 0 Å². The van der Waals surface area contributed by atoms with E-state index >= 15 is 0 Å². The average Bonchev–Trinajstić information content (AvgIpc) is 3.20. The smallest absolute Gasteiger partial charge is 0.306 e. The van der Waals surface area contributed by atoms with Gasteiger partial charge in [-0.05, 0) is 83.5 Å². The molecule has 0 aromatic rings. The van der Waals surface area contributed by atoms with Crippen molar-refractivity contribution in [3.63, 3.8) is 0 Å². The monoisotopic (exact) mass is 787 g/mol. The molecule has 1 aliphatic rings. The second-order valence-electron chi connectivity index (χ2n) is 14.4. The first-order valence-electron chi connectivity index (χ1n) is 21.7. The topological polar surface area (TPSA) is 135 Å². The highest BCUT2D eigenvalue weighted by Crippen LogP contribution is 2.22. The molecule has 0 aromatic heterocycles. The second kappa shape index (κ2) is 37.9.